The Morgan fingerprint density at radius 2 is 2.07 bits per heavy atom. The SMILES string of the molecule is CNc1ncnc2c1c(C#Cc1cccc(C(=O)NC3CC3)c1)cn2C(C)C. The number of hydrogen-bond acceptors (Lipinski definition) is 4. The van der Waals surface area contributed by atoms with Crippen LogP contribution in [0.5, 0.6) is 0 Å². The lowest BCUT2D eigenvalue weighted by molar-refractivity contribution is 0.0951. The van der Waals surface area contributed by atoms with Gasteiger partial charge in [0.1, 0.15) is 17.8 Å². The first kappa shape index (κ1) is 18.1. The van der Waals surface area contributed by atoms with Gasteiger partial charge in [-0.1, -0.05) is 17.9 Å². The number of nitrogens with zero attached hydrogens (tertiary/aromatic N) is 3. The molecule has 0 radical (unpaired) electrons. The van der Waals surface area contributed by atoms with Crippen LogP contribution in [0.1, 0.15) is 54.2 Å². The summed E-state index contributed by atoms with van der Waals surface area (Å²) < 4.78 is 2.10. The van der Waals surface area contributed by atoms with Crippen LogP contribution >= 0.6 is 0 Å². The minimum atomic E-state index is -0.0339. The fourth-order valence-corrected chi connectivity index (χ4v) is 3.14. The van der Waals surface area contributed by atoms with Gasteiger partial charge < -0.3 is 15.2 Å². The number of hydrogen-bond donors (Lipinski definition) is 2. The molecule has 28 heavy (non-hydrogen) atoms. The Hall–Kier alpha value is -3.33. The number of benzene rings is 1. The zero-order valence-corrected chi connectivity index (χ0v) is 16.3. The smallest absolute Gasteiger partial charge is 0.251 e. The second-order valence-corrected chi connectivity index (χ2v) is 7.29. The fraction of sp³-hybridized carbons (Fsp3) is 0.318. The molecule has 0 unspecified atom stereocenters. The van der Waals surface area contributed by atoms with Gasteiger partial charge in [0.15, 0.2) is 0 Å². The monoisotopic (exact) mass is 373 g/mol. The van der Waals surface area contributed by atoms with E-state index in [2.05, 4.69) is 50.9 Å². The quantitative estimate of drug-likeness (QED) is 0.688. The largest absolute Gasteiger partial charge is 0.372 e. The van der Waals surface area contributed by atoms with Gasteiger partial charge in [0.25, 0.3) is 5.91 Å². The van der Waals surface area contributed by atoms with Gasteiger partial charge in [-0.25, -0.2) is 9.97 Å². The maximum Gasteiger partial charge on any atom is 0.251 e. The molecule has 2 N–H and O–H groups in total. The van der Waals surface area contributed by atoms with Crippen LogP contribution in [0.25, 0.3) is 11.0 Å². The van der Waals surface area contributed by atoms with E-state index in [9.17, 15) is 4.79 Å². The van der Waals surface area contributed by atoms with Gasteiger partial charge in [0, 0.05) is 36.5 Å². The molecule has 3 aromatic rings. The van der Waals surface area contributed by atoms with Crippen molar-refractivity contribution in [3.63, 3.8) is 0 Å². The molecule has 0 aliphatic heterocycles. The number of amides is 1. The zero-order valence-electron chi connectivity index (χ0n) is 16.3. The third kappa shape index (κ3) is 3.56. The van der Waals surface area contributed by atoms with Gasteiger partial charge in [0.05, 0.1) is 10.9 Å². The number of nitrogens with one attached hydrogen (secondary N) is 2. The van der Waals surface area contributed by atoms with Crippen LogP contribution in [-0.2, 0) is 0 Å². The van der Waals surface area contributed by atoms with E-state index in [1.165, 1.54) is 0 Å². The molecular weight excluding hydrogens is 350 g/mol. The number of rotatable bonds is 4. The van der Waals surface area contributed by atoms with Crippen molar-refractivity contribution in [2.45, 2.75) is 38.8 Å². The Balaban J connectivity index is 1.71. The topological polar surface area (TPSA) is 71.8 Å². The Bertz CT molecular complexity index is 1100. The molecule has 1 amide bonds. The molecule has 142 valence electrons. The molecule has 0 atom stereocenters. The maximum atomic E-state index is 12.3. The van der Waals surface area contributed by atoms with E-state index in [4.69, 9.17) is 0 Å². The van der Waals surface area contributed by atoms with Crippen molar-refractivity contribution in [3.05, 3.63) is 53.5 Å². The summed E-state index contributed by atoms with van der Waals surface area (Å²) in [7, 11) is 1.84. The second-order valence-electron chi connectivity index (χ2n) is 7.29. The van der Waals surface area contributed by atoms with Gasteiger partial charge in [-0.2, -0.15) is 0 Å². The molecule has 1 fully saturated rings. The van der Waals surface area contributed by atoms with E-state index in [0.29, 0.717) is 11.6 Å². The molecule has 1 aliphatic rings. The maximum absolute atomic E-state index is 12.3. The summed E-state index contributed by atoms with van der Waals surface area (Å²) in [5.41, 5.74) is 3.16. The third-order valence-corrected chi connectivity index (χ3v) is 4.78. The van der Waals surface area contributed by atoms with Crippen molar-refractivity contribution in [2.24, 2.45) is 0 Å². The van der Waals surface area contributed by atoms with E-state index < -0.39 is 0 Å². The van der Waals surface area contributed by atoms with Crippen LogP contribution in [0.4, 0.5) is 5.82 Å². The van der Waals surface area contributed by atoms with Crippen molar-refractivity contribution in [3.8, 4) is 11.8 Å². The van der Waals surface area contributed by atoms with E-state index in [1.807, 2.05) is 37.5 Å². The number of carbonyl (C=O) groups excluding carboxylic acids is 1. The first-order valence-corrected chi connectivity index (χ1v) is 9.53. The highest BCUT2D eigenvalue weighted by Crippen LogP contribution is 2.27. The van der Waals surface area contributed by atoms with Crippen LogP contribution in [0.3, 0.4) is 0 Å². The average Bonchev–Trinajstić information content (AvgIpc) is 3.43. The van der Waals surface area contributed by atoms with Crippen molar-refractivity contribution >= 4 is 22.8 Å². The Kier molecular flexibility index (Phi) is 4.74. The predicted molar refractivity (Wildman–Crippen MR) is 110 cm³/mol. The minimum Gasteiger partial charge on any atom is -0.372 e. The van der Waals surface area contributed by atoms with Crippen LogP contribution in [0.15, 0.2) is 36.8 Å². The fourth-order valence-electron chi connectivity index (χ4n) is 3.14. The van der Waals surface area contributed by atoms with E-state index >= 15 is 0 Å². The van der Waals surface area contributed by atoms with Crippen LogP contribution < -0.4 is 10.6 Å². The van der Waals surface area contributed by atoms with E-state index in [0.717, 1.165) is 40.8 Å². The summed E-state index contributed by atoms with van der Waals surface area (Å²) in [5.74, 6) is 7.17. The molecular formula is C22H23N5O. The highest BCUT2D eigenvalue weighted by atomic mass is 16.1. The van der Waals surface area contributed by atoms with E-state index in [-0.39, 0.29) is 11.9 Å². The highest BCUT2D eigenvalue weighted by molar-refractivity contribution is 5.95. The summed E-state index contributed by atoms with van der Waals surface area (Å²) >= 11 is 0. The van der Waals surface area contributed by atoms with Gasteiger partial charge in [-0.05, 0) is 44.9 Å². The normalized spacial score (nSPS) is 13.3. The van der Waals surface area contributed by atoms with Crippen molar-refractivity contribution < 1.29 is 4.79 Å². The van der Waals surface area contributed by atoms with Crippen molar-refractivity contribution in [1.29, 1.82) is 0 Å². The Morgan fingerprint density at radius 1 is 1.25 bits per heavy atom. The highest BCUT2D eigenvalue weighted by Gasteiger charge is 2.23. The number of anilines is 1. The van der Waals surface area contributed by atoms with Gasteiger partial charge >= 0.3 is 0 Å². The molecule has 4 rings (SSSR count). The molecule has 0 bridgehead atoms. The van der Waals surface area contributed by atoms with Crippen LogP contribution in [0.2, 0.25) is 0 Å². The average molecular weight is 373 g/mol. The summed E-state index contributed by atoms with van der Waals surface area (Å²) in [6.07, 6.45) is 5.72. The molecule has 1 saturated carbocycles. The molecule has 2 aromatic heterocycles. The number of carbonyl (C=O) groups is 1. The number of fused-ring (bicyclic) bond motifs is 1. The van der Waals surface area contributed by atoms with Gasteiger partial charge in [-0.3, -0.25) is 4.79 Å². The Labute approximate surface area is 164 Å². The lowest BCUT2D eigenvalue weighted by Crippen LogP contribution is -2.25. The van der Waals surface area contributed by atoms with Crippen molar-refractivity contribution in [2.75, 3.05) is 12.4 Å². The first-order valence-electron chi connectivity index (χ1n) is 9.53. The molecule has 6 nitrogen and oxygen atoms in total. The third-order valence-electron chi connectivity index (χ3n) is 4.78. The van der Waals surface area contributed by atoms with Crippen molar-refractivity contribution in [1.82, 2.24) is 19.9 Å². The molecule has 6 heteroatoms. The summed E-state index contributed by atoms with van der Waals surface area (Å²) in [6.45, 7) is 4.22. The molecule has 2 heterocycles. The van der Waals surface area contributed by atoms with Gasteiger partial charge in [0.2, 0.25) is 0 Å². The molecule has 1 aliphatic carbocycles. The van der Waals surface area contributed by atoms with Gasteiger partial charge in [-0.15, -0.1) is 0 Å². The Morgan fingerprint density at radius 3 is 2.79 bits per heavy atom. The molecule has 0 saturated heterocycles. The number of aromatic nitrogens is 3. The summed E-state index contributed by atoms with van der Waals surface area (Å²) in [4.78, 5) is 21.0. The minimum absolute atomic E-state index is 0.0339. The standard InChI is InChI=1S/C22H23N5O/c1-14(2)27-12-17(19-20(23-3)24-13-25-21(19)27)8-7-15-5-4-6-16(11-15)22(28)26-18-9-10-18/h4-6,11-14,18H,9-10H2,1-3H3,(H,26,28)(H,23,24,25). The lowest BCUT2D eigenvalue weighted by Gasteiger charge is -2.08. The first-order chi connectivity index (χ1) is 13.6. The summed E-state index contributed by atoms with van der Waals surface area (Å²) in [5, 5.41) is 7.05. The summed E-state index contributed by atoms with van der Waals surface area (Å²) in [6, 6.07) is 8.03. The second kappa shape index (κ2) is 7.35. The lowest BCUT2D eigenvalue weighted by atomic mass is 10.1. The van der Waals surface area contributed by atoms with Crippen LogP contribution in [-0.4, -0.2) is 33.5 Å². The van der Waals surface area contributed by atoms with Crippen LogP contribution in [0, 0.1) is 11.8 Å². The zero-order chi connectivity index (χ0) is 19.7. The molecule has 1 aromatic carbocycles. The van der Waals surface area contributed by atoms with E-state index in [1.54, 1.807) is 6.33 Å². The predicted octanol–water partition coefficient (Wildman–Crippen LogP) is 3.35. The molecule has 0 spiro atoms.